The maximum absolute atomic E-state index is 13.0. The Bertz CT molecular complexity index is 628. The van der Waals surface area contributed by atoms with E-state index in [9.17, 15) is 9.18 Å². The summed E-state index contributed by atoms with van der Waals surface area (Å²) in [5.41, 5.74) is 7.93. The summed E-state index contributed by atoms with van der Waals surface area (Å²) in [7, 11) is 0. The minimum atomic E-state index is -0.581. The third-order valence-corrected chi connectivity index (χ3v) is 2.91. The number of halogens is 1. The normalized spacial score (nSPS) is 10.3. The third kappa shape index (κ3) is 3.54. The summed E-state index contributed by atoms with van der Waals surface area (Å²) >= 11 is 0. The largest absolute Gasteiger partial charge is 0.383 e. The van der Waals surface area contributed by atoms with Crippen LogP contribution < -0.4 is 11.1 Å². The zero-order valence-electron chi connectivity index (χ0n) is 11.2. The molecule has 0 saturated carbocycles. The van der Waals surface area contributed by atoms with Crippen LogP contribution in [0.15, 0.2) is 36.5 Å². The van der Waals surface area contributed by atoms with Gasteiger partial charge in [0.05, 0.1) is 11.8 Å². The number of anilines is 1. The van der Waals surface area contributed by atoms with Crippen LogP contribution in [0.4, 0.5) is 10.2 Å². The van der Waals surface area contributed by atoms with Gasteiger partial charge in [0.25, 0.3) is 5.91 Å². The van der Waals surface area contributed by atoms with Crippen molar-refractivity contribution in [1.29, 1.82) is 0 Å². The Morgan fingerprint density at radius 1 is 1.40 bits per heavy atom. The van der Waals surface area contributed by atoms with E-state index in [1.807, 2.05) is 25.1 Å². The molecule has 0 radical (unpaired) electrons. The topological polar surface area (TPSA) is 68.0 Å². The number of hydrogen-bond acceptors (Lipinski definition) is 3. The van der Waals surface area contributed by atoms with Crippen molar-refractivity contribution >= 4 is 11.7 Å². The summed E-state index contributed by atoms with van der Waals surface area (Å²) in [4.78, 5) is 15.5. The van der Waals surface area contributed by atoms with Gasteiger partial charge in [-0.05, 0) is 25.0 Å². The number of nitrogen functional groups attached to an aromatic ring is 1. The highest BCUT2D eigenvalue weighted by atomic mass is 19.1. The van der Waals surface area contributed by atoms with Gasteiger partial charge in [-0.15, -0.1) is 0 Å². The summed E-state index contributed by atoms with van der Waals surface area (Å²) in [6, 6.07) is 9.13. The number of nitrogens with two attached hydrogens (primary N) is 1. The van der Waals surface area contributed by atoms with Crippen LogP contribution >= 0.6 is 0 Å². The Kier molecular flexibility index (Phi) is 4.30. The molecule has 0 bridgehead atoms. The fourth-order valence-electron chi connectivity index (χ4n) is 1.91. The van der Waals surface area contributed by atoms with E-state index in [0.717, 1.165) is 17.8 Å². The summed E-state index contributed by atoms with van der Waals surface area (Å²) in [5, 5.41) is 2.71. The van der Waals surface area contributed by atoms with Gasteiger partial charge in [0.1, 0.15) is 11.6 Å². The molecule has 2 aromatic rings. The standard InChI is InChI=1S/C15H16FN3O/c1-10-3-2-4-11(7-10)5-6-18-15(20)13-8-12(16)9-19-14(13)17/h2-4,7-9H,5-6H2,1H3,(H2,17,19)(H,18,20). The number of benzene rings is 1. The van der Waals surface area contributed by atoms with Crippen LogP contribution in [0, 0.1) is 12.7 Å². The quantitative estimate of drug-likeness (QED) is 0.896. The SMILES string of the molecule is Cc1cccc(CCNC(=O)c2cc(F)cnc2N)c1. The number of nitrogens with zero attached hydrogens (tertiary/aromatic N) is 1. The average Bonchev–Trinajstić information content (AvgIpc) is 2.41. The van der Waals surface area contributed by atoms with E-state index in [0.29, 0.717) is 13.0 Å². The first-order valence-electron chi connectivity index (χ1n) is 6.31. The van der Waals surface area contributed by atoms with Crippen LogP contribution in [0.2, 0.25) is 0 Å². The molecular formula is C15H16FN3O. The zero-order chi connectivity index (χ0) is 14.5. The lowest BCUT2D eigenvalue weighted by molar-refractivity contribution is 0.0954. The van der Waals surface area contributed by atoms with E-state index < -0.39 is 11.7 Å². The molecule has 0 aliphatic heterocycles. The number of pyridine rings is 1. The number of nitrogens with one attached hydrogen (secondary N) is 1. The van der Waals surface area contributed by atoms with E-state index in [1.165, 1.54) is 5.56 Å². The molecule has 1 aromatic carbocycles. The first kappa shape index (κ1) is 14.0. The second-order valence-electron chi connectivity index (χ2n) is 4.58. The van der Waals surface area contributed by atoms with E-state index in [1.54, 1.807) is 0 Å². The molecule has 20 heavy (non-hydrogen) atoms. The van der Waals surface area contributed by atoms with Crippen molar-refractivity contribution in [3.05, 3.63) is 59.0 Å². The summed E-state index contributed by atoms with van der Waals surface area (Å²) in [6.45, 7) is 2.47. The molecule has 0 unspecified atom stereocenters. The Morgan fingerprint density at radius 2 is 2.20 bits per heavy atom. The van der Waals surface area contributed by atoms with Crippen LogP contribution in [-0.2, 0) is 6.42 Å². The maximum Gasteiger partial charge on any atom is 0.255 e. The second-order valence-corrected chi connectivity index (χ2v) is 4.58. The van der Waals surface area contributed by atoms with E-state index >= 15 is 0 Å². The molecule has 1 aromatic heterocycles. The second kappa shape index (κ2) is 6.14. The number of rotatable bonds is 4. The fraction of sp³-hybridized carbons (Fsp3) is 0.200. The molecule has 1 amide bonds. The first-order valence-corrected chi connectivity index (χ1v) is 6.31. The number of hydrogen-bond donors (Lipinski definition) is 2. The molecule has 0 fully saturated rings. The lowest BCUT2D eigenvalue weighted by atomic mass is 10.1. The minimum absolute atomic E-state index is 0.0273. The number of aromatic nitrogens is 1. The summed E-state index contributed by atoms with van der Waals surface area (Å²) in [5.74, 6) is -0.968. The molecular weight excluding hydrogens is 257 g/mol. The van der Waals surface area contributed by atoms with Crippen molar-refractivity contribution in [3.63, 3.8) is 0 Å². The van der Waals surface area contributed by atoms with Crippen molar-refractivity contribution in [2.75, 3.05) is 12.3 Å². The fourth-order valence-corrected chi connectivity index (χ4v) is 1.91. The van der Waals surface area contributed by atoms with Gasteiger partial charge in [-0.2, -0.15) is 0 Å². The van der Waals surface area contributed by atoms with Gasteiger partial charge in [-0.1, -0.05) is 29.8 Å². The van der Waals surface area contributed by atoms with E-state index in [-0.39, 0.29) is 11.4 Å². The predicted octanol–water partition coefficient (Wildman–Crippen LogP) is 2.08. The molecule has 0 saturated heterocycles. The zero-order valence-corrected chi connectivity index (χ0v) is 11.2. The van der Waals surface area contributed by atoms with Crippen LogP contribution in [0.1, 0.15) is 21.5 Å². The van der Waals surface area contributed by atoms with Crippen molar-refractivity contribution < 1.29 is 9.18 Å². The summed E-state index contributed by atoms with van der Waals surface area (Å²) in [6.07, 6.45) is 1.69. The number of carbonyl (C=O) groups is 1. The van der Waals surface area contributed by atoms with Gasteiger partial charge in [0.2, 0.25) is 0 Å². The van der Waals surface area contributed by atoms with E-state index in [4.69, 9.17) is 5.73 Å². The Balaban J connectivity index is 1.94. The summed E-state index contributed by atoms with van der Waals surface area (Å²) < 4.78 is 13.0. The lowest BCUT2D eigenvalue weighted by Crippen LogP contribution is -2.27. The Labute approximate surface area is 116 Å². The molecule has 104 valence electrons. The molecule has 0 spiro atoms. The van der Waals surface area contributed by atoms with Crippen LogP contribution in [-0.4, -0.2) is 17.4 Å². The van der Waals surface area contributed by atoms with Crippen molar-refractivity contribution in [2.24, 2.45) is 0 Å². The third-order valence-electron chi connectivity index (χ3n) is 2.91. The number of amides is 1. The van der Waals surface area contributed by atoms with Crippen molar-refractivity contribution in [2.45, 2.75) is 13.3 Å². The van der Waals surface area contributed by atoms with Crippen LogP contribution in [0.3, 0.4) is 0 Å². The Hall–Kier alpha value is -2.43. The predicted molar refractivity (Wildman–Crippen MR) is 75.8 cm³/mol. The Morgan fingerprint density at radius 3 is 2.95 bits per heavy atom. The van der Waals surface area contributed by atoms with Gasteiger partial charge < -0.3 is 11.1 Å². The van der Waals surface area contributed by atoms with Gasteiger partial charge >= 0.3 is 0 Å². The van der Waals surface area contributed by atoms with Gasteiger partial charge in [0, 0.05) is 6.54 Å². The number of carbonyl (C=O) groups excluding carboxylic acids is 1. The first-order chi connectivity index (χ1) is 9.56. The van der Waals surface area contributed by atoms with Crippen LogP contribution in [0.25, 0.3) is 0 Å². The highest BCUT2D eigenvalue weighted by Crippen LogP contribution is 2.10. The average molecular weight is 273 g/mol. The van der Waals surface area contributed by atoms with Crippen molar-refractivity contribution in [3.8, 4) is 0 Å². The monoisotopic (exact) mass is 273 g/mol. The molecule has 0 aliphatic rings. The molecule has 0 aliphatic carbocycles. The molecule has 5 heteroatoms. The lowest BCUT2D eigenvalue weighted by Gasteiger charge is -2.07. The van der Waals surface area contributed by atoms with Gasteiger partial charge in [0.15, 0.2) is 0 Å². The smallest absolute Gasteiger partial charge is 0.255 e. The number of aryl methyl sites for hydroxylation is 1. The van der Waals surface area contributed by atoms with Crippen molar-refractivity contribution in [1.82, 2.24) is 10.3 Å². The maximum atomic E-state index is 13.0. The van der Waals surface area contributed by atoms with E-state index in [2.05, 4.69) is 16.4 Å². The molecule has 1 heterocycles. The molecule has 0 atom stereocenters. The van der Waals surface area contributed by atoms with Crippen LogP contribution in [0.5, 0.6) is 0 Å². The van der Waals surface area contributed by atoms with Gasteiger partial charge in [-0.25, -0.2) is 9.37 Å². The molecule has 4 nitrogen and oxygen atoms in total. The highest BCUT2D eigenvalue weighted by Gasteiger charge is 2.11. The highest BCUT2D eigenvalue weighted by molar-refractivity contribution is 5.98. The molecule has 2 rings (SSSR count). The minimum Gasteiger partial charge on any atom is -0.383 e. The molecule has 3 N–H and O–H groups in total. The van der Waals surface area contributed by atoms with Gasteiger partial charge in [-0.3, -0.25) is 4.79 Å².